The summed E-state index contributed by atoms with van der Waals surface area (Å²) in [5, 5.41) is 10.3. The minimum Gasteiger partial charge on any atom is -0.388 e. The van der Waals surface area contributed by atoms with Gasteiger partial charge in [0.05, 0.1) is 6.10 Å². The third-order valence-corrected chi connectivity index (χ3v) is 3.48. The molecule has 0 fully saturated rings. The van der Waals surface area contributed by atoms with E-state index >= 15 is 0 Å². The first kappa shape index (κ1) is 12.8. The summed E-state index contributed by atoms with van der Waals surface area (Å²) in [6.07, 6.45) is 0.508. The highest BCUT2D eigenvalue weighted by atomic mass is 16.3. The molecule has 2 aromatic rings. The zero-order chi connectivity index (χ0) is 13.0. The highest BCUT2D eigenvalue weighted by Crippen LogP contribution is 2.25. The van der Waals surface area contributed by atoms with Gasteiger partial charge in [0.1, 0.15) is 0 Å². The van der Waals surface area contributed by atoms with Crippen molar-refractivity contribution in [1.29, 1.82) is 0 Å². The van der Waals surface area contributed by atoms with Crippen molar-refractivity contribution >= 4 is 0 Å². The SMILES string of the molecule is Cc1ccccc1CC(C)C(O)c1ccccc1. The molecule has 0 spiro atoms. The third-order valence-electron chi connectivity index (χ3n) is 3.48. The molecule has 0 aliphatic heterocycles. The van der Waals surface area contributed by atoms with Crippen molar-refractivity contribution in [3.05, 3.63) is 71.3 Å². The summed E-state index contributed by atoms with van der Waals surface area (Å²) in [5.74, 6) is 0.216. The minimum absolute atomic E-state index is 0.216. The average Bonchev–Trinajstić information content (AvgIpc) is 2.41. The van der Waals surface area contributed by atoms with Gasteiger partial charge in [0.25, 0.3) is 0 Å². The molecular weight excluding hydrogens is 220 g/mol. The first-order chi connectivity index (χ1) is 8.68. The van der Waals surface area contributed by atoms with Crippen LogP contribution < -0.4 is 0 Å². The van der Waals surface area contributed by atoms with Crippen LogP contribution >= 0.6 is 0 Å². The zero-order valence-corrected chi connectivity index (χ0v) is 11.0. The van der Waals surface area contributed by atoms with Crippen molar-refractivity contribution in [1.82, 2.24) is 0 Å². The number of hydrogen-bond donors (Lipinski definition) is 1. The summed E-state index contributed by atoms with van der Waals surface area (Å²) in [5.41, 5.74) is 3.61. The van der Waals surface area contributed by atoms with Crippen LogP contribution in [-0.4, -0.2) is 5.11 Å². The molecule has 0 bridgehead atoms. The van der Waals surface area contributed by atoms with E-state index in [4.69, 9.17) is 0 Å². The fourth-order valence-electron chi connectivity index (χ4n) is 2.28. The maximum atomic E-state index is 10.3. The van der Waals surface area contributed by atoms with Crippen LogP contribution in [0.4, 0.5) is 0 Å². The lowest BCUT2D eigenvalue weighted by molar-refractivity contribution is 0.117. The molecule has 1 nitrogen and oxygen atoms in total. The highest BCUT2D eigenvalue weighted by molar-refractivity contribution is 5.26. The standard InChI is InChI=1S/C17H20O/c1-13-8-6-7-11-16(13)12-14(2)17(18)15-9-4-3-5-10-15/h3-11,14,17-18H,12H2,1-2H3. The Hall–Kier alpha value is -1.60. The van der Waals surface area contributed by atoms with Crippen molar-refractivity contribution < 1.29 is 5.11 Å². The van der Waals surface area contributed by atoms with E-state index in [-0.39, 0.29) is 5.92 Å². The average molecular weight is 240 g/mol. The second-order valence-corrected chi connectivity index (χ2v) is 4.96. The Bertz CT molecular complexity index is 490. The Morgan fingerprint density at radius 3 is 2.22 bits per heavy atom. The molecule has 2 aromatic carbocycles. The molecule has 1 heteroatoms. The van der Waals surface area contributed by atoms with Crippen molar-refractivity contribution in [2.45, 2.75) is 26.4 Å². The first-order valence-corrected chi connectivity index (χ1v) is 6.46. The van der Waals surface area contributed by atoms with Gasteiger partial charge in [-0.2, -0.15) is 0 Å². The number of aryl methyl sites for hydroxylation is 1. The van der Waals surface area contributed by atoms with E-state index in [1.165, 1.54) is 11.1 Å². The van der Waals surface area contributed by atoms with Crippen molar-refractivity contribution in [3.63, 3.8) is 0 Å². The maximum absolute atomic E-state index is 10.3. The van der Waals surface area contributed by atoms with Crippen LogP contribution in [0.15, 0.2) is 54.6 Å². The van der Waals surface area contributed by atoms with Crippen molar-refractivity contribution in [3.8, 4) is 0 Å². The number of aliphatic hydroxyl groups excluding tert-OH is 1. The molecule has 2 rings (SSSR count). The van der Waals surface area contributed by atoms with E-state index in [1.54, 1.807) is 0 Å². The predicted molar refractivity (Wildman–Crippen MR) is 75.4 cm³/mol. The molecule has 0 amide bonds. The van der Waals surface area contributed by atoms with E-state index in [0.29, 0.717) is 0 Å². The third kappa shape index (κ3) is 2.99. The van der Waals surface area contributed by atoms with E-state index in [2.05, 4.69) is 38.1 Å². The van der Waals surface area contributed by atoms with Crippen LogP contribution in [-0.2, 0) is 6.42 Å². The summed E-state index contributed by atoms with van der Waals surface area (Å²) in [6.45, 7) is 4.22. The Morgan fingerprint density at radius 2 is 1.56 bits per heavy atom. The summed E-state index contributed by atoms with van der Waals surface area (Å²) in [7, 11) is 0. The van der Waals surface area contributed by atoms with E-state index in [1.807, 2.05) is 30.3 Å². The van der Waals surface area contributed by atoms with Gasteiger partial charge in [-0.1, -0.05) is 61.5 Å². The van der Waals surface area contributed by atoms with Crippen LogP contribution in [0, 0.1) is 12.8 Å². The smallest absolute Gasteiger partial charge is 0.0818 e. The maximum Gasteiger partial charge on any atom is 0.0818 e. The summed E-state index contributed by atoms with van der Waals surface area (Å²) >= 11 is 0. The van der Waals surface area contributed by atoms with Crippen LogP contribution in [0.3, 0.4) is 0 Å². The van der Waals surface area contributed by atoms with Crippen LogP contribution in [0.1, 0.15) is 29.7 Å². The Morgan fingerprint density at radius 1 is 0.944 bits per heavy atom. The van der Waals surface area contributed by atoms with Gasteiger partial charge in [-0.3, -0.25) is 0 Å². The quantitative estimate of drug-likeness (QED) is 0.859. The molecular formula is C17H20O. The van der Waals surface area contributed by atoms with Gasteiger partial charge in [0, 0.05) is 0 Å². The minimum atomic E-state index is -0.397. The van der Waals surface area contributed by atoms with Crippen LogP contribution in [0.25, 0.3) is 0 Å². The number of aliphatic hydroxyl groups is 1. The molecule has 0 heterocycles. The normalized spacial score (nSPS) is 14.2. The number of benzene rings is 2. The van der Waals surface area contributed by atoms with E-state index in [9.17, 15) is 5.11 Å². The molecule has 18 heavy (non-hydrogen) atoms. The second kappa shape index (κ2) is 5.83. The van der Waals surface area contributed by atoms with Gasteiger partial charge < -0.3 is 5.11 Å². The molecule has 2 unspecified atom stereocenters. The van der Waals surface area contributed by atoms with Gasteiger partial charge in [0.15, 0.2) is 0 Å². The fourth-order valence-corrected chi connectivity index (χ4v) is 2.28. The first-order valence-electron chi connectivity index (χ1n) is 6.46. The number of rotatable bonds is 4. The molecule has 0 saturated carbocycles. The topological polar surface area (TPSA) is 20.2 Å². The summed E-state index contributed by atoms with van der Waals surface area (Å²) in [6, 6.07) is 18.3. The molecule has 0 aliphatic carbocycles. The van der Waals surface area contributed by atoms with Gasteiger partial charge in [-0.15, -0.1) is 0 Å². The Labute approximate surface area is 109 Å². The molecule has 2 atom stereocenters. The highest BCUT2D eigenvalue weighted by Gasteiger charge is 2.17. The van der Waals surface area contributed by atoms with Crippen LogP contribution in [0.2, 0.25) is 0 Å². The monoisotopic (exact) mass is 240 g/mol. The van der Waals surface area contributed by atoms with Gasteiger partial charge >= 0.3 is 0 Å². The van der Waals surface area contributed by atoms with Gasteiger partial charge in [-0.05, 0) is 36.0 Å². The lowest BCUT2D eigenvalue weighted by atomic mass is 9.90. The molecule has 94 valence electrons. The molecule has 0 aliphatic rings. The Balaban J connectivity index is 2.09. The van der Waals surface area contributed by atoms with E-state index in [0.717, 1.165) is 12.0 Å². The fraction of sp³-hybridized carbons (Fsp3) is 0.294. The number of hydrogen-bond acceptors (Lipinski definition) is 1. The largest absolute Gasteiger partial charge is 0.388 e. The van der Waals surface area contributed by atoms with Gasteiger partial charge in [-0.25, -0.2) is 0 Å². The second-order valence-electron chi connectivity index (χ2n) is 4.96. The molecule has 0 aromatic heterocycles. The molecule has 0 radical (unpaired) electrons. The Kier molecular flexibility index (Phi) is 4.16. The zero-order valence-electron chi connectivity index (χ0n) is 11.0. The van der Waals surface area contributed by atoms with Crippen LogP contribution in [0.5, 0.6) is 0 Å². The molecule has 1 N–H and O–H groups in total. The lowest BCUT2D eigenvalue weighted by Crippen LogP contribution is -2.12. The van der Waals surface area contributed by atoms with E-state index < -0.39 is 6.10 Å². The van der Waals surface area contributed by atoms with Crippen molar-refractivity contribution in [2.24, 2.45) is 5.92 Å². The predicted octanol–water partition coefficient (Wildman–Crippen LogP) is 3.91. The van der Waals surface area contributed by atoms with Crippen molar-refractivity contribution in [2.75, 3.05) is 0 Å². The summed E-state index contributed by atoms with van der Waals surface area (Å²) < 4.78 is 0. The molecule has 0 saturated heterocycles. The summed E-state index contributed by atoms with van der Waals surface area (Å²) in [4.78, 5) is 0. The van der Waals surface area contributed by atoms with Gasteiger partial charge in [0.2, 0.25) is 0 Å². The lowest BCUT2D eigenvalue weighted by Gasteiger charge is -2.20.